The van der Waals surface area contributed by atoms with Crippen LogP contribution in [0.2, 0.25) is 0 Å². The Morgan fingerprint density at radius 2 is 2.17 bits per heavy atom. The van der Waals surface area contributed by atoms with Crippen molar-refractivity contribution in [3.63, 3.8) is 0 Å². The lowest BCUT2D eigenvalue weighted by molar-refractivity contribution is 0.236. The van der Waals surface area contributed by atoms with Crippen molar-refractivity contribution in [1.82, 2.24) is 10.6 Å². The largest absolute Gasteiger partial charge is 0.335 e. The zero-order chi connectivity index (χ0) is 12.8. The number of carbonyl (C=O) groups excluding carboxylic acids is 1. The van der Waals surface area contributed by atoms with Gasteiger partial charge in [0, 0.05) is 12.6 Å². The van der Waals surface area contributed by atoms with Crippen molar-refractivity contribution in [2.45, 2.75) is 38.3 Å². The van der Waals surface area contributed by atoms with E-state index in [0.717, 1.165) is 18.4 Å². The molecule has 0 aliphatic heterocycles. The van der Waals surface area contributed by atoms with E-state index in [9.17, 15) is 4.79 Å². The van der Waals surface area contributed by atoms with Crippen LogP contribution in [0.4, 0.5) is 4.79 Å². The summed E-state index contributed by atoms with van der Waals surface area (Å²) in [5, 5.41) is 14.6. The van der Waals surface area contributed by atoms with Crippen LogP contribution in [0.1, 0.15) is 36.8 Å². The van der Waals surface area contributed by atoms with Gasteiger partial charge >= 0.3 is 6.03 Å². The number of hydrogen-bond donors (Lipinski definition) is 2. The van der Waals surface area contributed by atoms with Crippen molar-refractivity contribution in [3.8, 4) is 6.07 Å². The first-order valence-electron chi connectivity index (χ1n) is 6.31. The van der Waals surface area contributed by atoms with Crippen molar-refractivity contribution in [2.75, 3.05) is 0 Å². The number of rotatable bonds is 3. The van der Waals surface area contributed by atoms with Gasteiger partial charge in [-0.15, -0.1) is 0 Å². The first-order chi connectivity index (χ1) is 8.78. The highest BCUT2D eigenvalue weighted by Crippen LogP contribution is 2.17. The molecule has 4 heteroatoms. The van der Waals surface area contributed by atoms with Gasteiger partial charge in [0.25, 0.3) is 0 Å². The van der Waals surface area contributed by atoms with Crippen molar-refractivity contribution < 1.29 is 4.79 Å². The molecule has 0 unspecified atom stereocenters. The van der Waals surface area contributed by atoms with E-state index < -0.39 is 0 Å². The van der Waals surface area contributed by atoms with Crippen molar-refractivity contribution >= 4 is 6.03 Å². The van der Waals surface area contributed by atoms with E-state index >= 15 is 0 Å². The highest BCUT2D eigenvalue weighted by atomic mass is 16.2. The Balaban J connectivity index is 1.79. The minimum Gasteiger partial charge on any atom is -0.335 e. The van der Waals surface area contributed by atoms with Crippen LogP contribution in [0.5, 0.6) is 0 Å². The fraction of sp³-hybridized carbons (Fsp3) is 0.429. The maximum absolute atomic E-state index is 11.6. The molecule has 0 spiro atoms. The van der Waals surface area contributed by atoms with Crippen LogP contribution in [-0.4, -0.2) is 12.1 Å². The van der Waals surface area contributed by atoms with Crippen molar-refractivity contribution in [1.29, 1.82) is 5.26 Å². The summed E-state index contributed by atoms with van der Waals surface area (Å²) in [6, 6.07) is 9.56. The van der Waals surface area contributed by atoms with Gasteiger partial charge in [0.2, 0.25) is 0 Å². The van der Waals surface area contributed by atoms with Crippen LogP contribution < -0.4 is 10.6 Å². The fourth-order valence-corrected chi connectivity index (χ4v) is 2.24. The highest BCUT2D eigenvalue weighted by Gasteiger charge is 2.16. The molecule has 0 saturated heterocycles. The molecule has 1 fully saturated rings. The van der Waals surface area contributed by atoms with Crippen LogP contribution in [-0.2, 0) is 6.54 Å². The Morgan fingerprint density at radius 3 is 2.89 bits per heavy atom. The molecule has 2 amide bonds. The zero-order valence-electron chi connectivity index (χ0n) is 10.3. The monoisotopic (exact) mass is 243 g/mol. The molecule has 1 aliphatic carbocycles. The van der Waals surface area contributed by atoms with Gasteiger partial charge in [0.1, 0.15) is 0 Å². The molecule has 0 heterocycles. The van der Waals surface area contributed by atoms with Crippen LogP contribution in [0.25, 0.3) is 0 Å². The summed E-state index contributed by atoms with van der Waals surface area (Å²) in [5.41, 5.74) is 1.56. The number of nitriles is 1. The second kappa shape index (κ2) is 6.06. The fourth-order valence-electron chi connectivity index (χ4n) is 2.24. The summed E-state index contributed by atoms with van der Waals surface area (Å²) in [4.78, 5) is 11.6. The molecule has 1 saturated carbocycles. The molecule has 94 valence electrons. The molecule has 1 aromatic rings. The first-order valence-corrected chi connectivity index (χ1v) is 6.31. The number of nitrogens with one attached hydrogen (secondary N) is 2. The van der Waals surface area contributed by atoms with Crippen LogP contribution in [0, 0.1) is 11.3 Å². The van der Waals surface area contributed by atoms with Gasteiger partial charge < -0.3 is 10.6 Å². The molecule has 2 rings (SSSR count). The molecule has 0 bridgehead atoms. The molecule has 1 aliphatic rings. The van der Waals surface area contributed by atoms with Gasteiger partial charge in [0.15, 0.2) is 0 Å². The number of urea groups is 1. The highest BCUT2D eigenvalue weighted by molar-refractivity contribution is 5.74. The summed E-state index contributed by atoms with van der Waals surface area (Å²) >= 11 is 0. The molecule has 1 aromatic carbocycles. The number of carbonyl (C=O) groups is 1. The SMILES string of the molecule is N#Cc1cccc(CNC(=O)NC2CCCC2)c1. The van der Waals surface area contributed by atoms with Gasteiger partial charge in [-0.2, -0.15) is 5.26 Å². The Hall–Kier alpha value is -2.02. The predicted octanol–water partition coefficient (Wildman–Crippen LogP) is 2.30. The van der Waals surface area contributed by atoms with E-state index in [-0.39, 0.29) is 6.03 Å². The smallest absolute Gasteiger partial charge is 0.315 e. The lowest BCUT2D eigenvalue weighted by Crippen LogP contribution is -2.40. The second-order valence-corrected chi connectivity index (χ2v) is 4.62. The van der Waals surface area contributed by atoms with Crippen LogP contribution in [0.15, 0.2) is 24.3 Å². The van der Waals surface area contributed by atoms with Gasteiger partial charge in [-0.1, -0.05) is 25.0 Å². The summed E-state index contributed by atoms with van der Waals surface area (Å²) < 4.78 is 0. The van der Waals surface area contributed by atoms with E-state index in [1.54, 1.807) is 12.1 Å². The maximum Gasteiger partial charge on any atom is 0.315 e. The number of hydrogen-bond acceptors (Lipinski definition) is 2. The zero-order valence-corrected chi connectivity index (χ0v) is 10.3. The number of benzene rings is 1. The van der Waals surface area contributed by atoms with E-state index in [0.29, 0.717) is 18.2 Å². The third-order valence-corrected chi connectivity index (χ3v) is 3.20. The number of nitrogens with zero attached hydrogens (tertiary/aromatic N) is 1. The molecular weight excluding hydrogens is 226 g/mol. The first kappa shape index (κ1) is 12.4. The third kappa shape index (κ3) is 3.49. The summed E-state index contributed by atoms with van der Waals surface area (Å²) in [7, 11) is 0. The van der Waals surface area contributed by atoms with Gasteiger partial charge in [-0.25, -0.2) is 4.79 Å². The van der Waals surface area contributed by atoms with Crippen LogP contribution in [0.3, 0.4) is 0 Å². The minimum atomic E-state index is -0.121. The molecule has 0 atom stereocenters. The number of amides is 2. The third-order valence-electron chi connectivity index (χ3n) is 3.20. The normalized spacial score (nSPS) is 15.1. The van der Waals surface area contributed by atoms with E-state index in [1.807, 2.05) is 12.1 Å². The standard InChI is InChI=1S/C14H17N3O/c15-9-11-4-3-5-12(8-11)10-16-14(18)17-13-6-1-2-7-13/h3-5,8,13H,1-2,6-7,10H2,(H2,16,17,18). The van der Waals surface area contributed by atoms with Crippen LogP contribution >= 0.6 is 0 Å². The Labute approximate surface area is 107 Å². The molecule has 2 N–H and O–H groups in total. The summed E-state index contributed by atoms with van der Waals surface area (Å²) in [5.74, 6) is 0. The average Bonchev–Trinajstić information content (AvgIpc) is 2.89. The van der Waals surface area contributed by atoms with Gasteiger partial charge in [0.05, 0.1) is 11.6 Å². The molecule has 0 aromatic heterocycles. The topological polar surface area (TPSA) is 64.9 Å². The Morgan fingerprint density at radius 1 is 1.39 bits per heavy atom. The molecular formula is C14H17N3O. The predicted molar refractivity (Wildman–Crippen MR) is 68.8 cm³/mol. The molecule has 0 radical (unpaired) electrons. The van der Waals surface area contributed by atoms with Crippen molar-refractivity contribution in [2.24, 2.45) is 0 Å². The average molecular weight is 243 g/mol. The van der Waals surface area contributed by atoms with Crippen molar-refractivity contribution in [3.05, 3.63) is 35.4 Å². The summed E-state index contributed by atoms with van der Waals surface area (Å²) in [6.07, 6.45) is 4.57. The summed E-state index contributed by atoms with van der Waals surface area (Å²) in [6.45, 7) is 0.452. The Bertz CT molecular complexity index is 458. The van der Waals surface area contributed by atoms with E-state index in [1.165, 1.54) is 12.8 Å². The van der Waals surface area contributed by atoms with Gasteiger partial charge in [-0.3, -0.25) is 0 Å². The molecule has 4 nitrogen and oxygen atoms in total. The van der Waals surface area contributed by atoms with E-state index in [2.05, 4.69) is 16.7 Å². The lowest BCUT2D eigenvalue weighted by atomic mass is 10.1. The maximum atomic E-state index is 11.6. The lowest BCUT2D eigenvalue weighted by Gasteiger charge is -2.12. The minimum absolute atomic E-state index is 0.121. The Kier molecular flexibility index (Phi) is 4.19. The molecule has 18 heavy (non-hydrogen) atoms. The van der Waals surface area contributed by atoms with E-state index in [4.69, 9.17) is 5.26 Å². The van der Waals surface area contributed by atoms with Gasteiger partial charge in [-0.05, 0) is 30.5 Å². The second-order valence-electron chi connectivity index (χ2n) is 4.62. The quantitative estimate of drug-likeness (QED) is 0.855.